The fraction of sp³-hybridized carbons (Fsp3) is 0.364. The molecule has 0 bridgehead atoms. The first-order valence-corrected chi connectivity index (χ1v) is 10.2. The van der Waals surface area contributed by atoms with E-state index in [0.29, 0.717) is 25.1 Å². The van der Waals surface area contributed by atoms with E-state index in [1.54, 1.807) is 0 Å². The number of benzene rings is 2. The molecule has 0 unspecified atom stereocenters. The van der Waals surface area contributed by atoms with E-state index >= 15 is 0 Å². The lowest BCUT2D eigenvalue weighted by molar-refractivity contribution is -0.132. The maximum absolute atomic E-state index is 12.5. The van der Waals surface area contributed by atoms with Gasteiger partial charge in [-0.05, 0) is 59.8 Å². The van der Waals surface area contributed by atoms with E-state index in [0.717, 1.165) is 23.7 Å². The van der Waals surface area contributed by atoms with Crippen LogP contribution in [0.5, 0.6) is 0 Å². The molecular formula is C22H25BrN2O2. The molecule has 1 fully saturated rings. The molecule has 3 rings (SSSR count). The van der Waals surface area contributed by atoms with E-state index in [4.69, 9.17) is 0 Å². The predicted octanol–water partition coefficient (Wildman–Crippen LogP) is 4.11. The van der Waals surface area contributed by atoms with Gasteiger partial charge in [-0.15, -0.1) is 0 Å². The molecule has 0 aliphatic carbocycles. The Morgan fingerprint density at radius 3 is 2.41 bits per heavy atom. The second kappa shape index (κ2) is 9.18. The van der Waals surface area contributed by atoms with Crippen molar-refractivity contribution in [2.75, 3.05) is 13.1 Å². The number of nitrogens with one attached hydrogen (secondary N) is 1. The first-order chi connectivity index (χ1) is 13.0. The highest BCUT2D eigenvalue weighted by Crippen LogP contribution is 2.18. The van der Waals surface area contributed by atoms with Crippen LogP contribution in [0.15, 0.2) is 53.0 Å². The molecule has 1 aliphatic rings. The fourth-order valence-corrected chi connectivity index (χ4v) is 3.81. The summed E-state index contributed by atoms with van der Waals surface area (Å²) in [6, 6.07) is 15.9. The molecule has 1 heterocycles. The highest BCUT2D eigenvalue weighted by molar-refractivity contribution is 9.10. The highest BCUT2D eigenvalue weighted by Gasteiger charge is 2.24. The number of carbonyl (C=O) groups excluding carboxylic acids is 2. The van der Waals surface area contributed by atoms with E-state index in [-0.39, 0.29) is 17.9 Å². The molecule has 2 aromatic carbocycles. The number of amides is 2. The summed E-state index contributed by atoms with van der Waals surface area (Å²) in [5.41, 5.74) is 3.08. The van der Waals surface area contributed by atoms with Crippen molar-refractivity contribution < 1.29 is 9.59 Å². The molecule has 0 saturated carbocycles. The van der Waals surface area contributed by atoms with E-state index in [9.17, 15) is 9.59 Å². The molecule has 0 atom stereocenters. The van der Waals surface area contributed by atoms with Crippen LogP contribution in [-0.2, 0) is 11.2 Å². The second-order valence-electron chi connectivity index (χ2n) is 7.09. The van der Waals surface area contributed by atoms with E-state index < -0.39 is 0 Å². The molecule has 1 aliphatic heterocycles. The summed E-state index contributed by atoms with van der Waals surface area (Å²) in [6.07, 6.45) is 2.91. The van der Waals surface area contributed by atoms with Gasteiger partial charge in [0.1, 0.15) is 0 Å². The number of carbonyl (C=O) groups is 2. The Balaban J connectivity index is 1.44. The monoisotopic (exact) mass is 428 g/mol. The molecule has 1 saturated heterocycles. The van der Waals surface area contributed by atoms with Gasteiger partial charge in [0.05, 0.1) is 5.56 Å². The molecule has 0 radical (unpaired) electrons. The number of nitrogens with zero attached hydrogens (tertiary/aromatic N) is 1. The first-order valence-electron chi connectivity index (χ1n) is 9.41. The van der Waals surface area contributed by atoms with Crippen LogP contribution in [-0.4, -0.2) is 35.8 Å². The van der Waals surface area contributed by atoms with Gasteiger partial charge in [0.2, 0.25) is 5.91 Å². The standard InChI is InChI=1S/C22H25BrN2O2/c1-16-6-8-17(9-7-16)10-11-21(26)25-14-12-18(13-15-25)24-22(27)19-4-2-3-5-20(19)23/h2-9,18H,10-15H2,1H3,(H,24,27). The van der Waals surface area contributed by atoms with Crippen molar-refractivity contribution in [3.8, 4) is 0 Å². The van der Waals surface area contributed by atoms with Crippen LogP contribution in [0.4, 0.5) is 0 Å². The molecule has 142 valence electrons. The molecule has 5 heteroatoms. The molecule has 2 aromatic rings. The van der Waals surface area contributed by atoms with E-state index in [1.165, 1.54) is 11.1 Å². The number of hydrogen-bond donors (Lipinski definition) is 1. The Morgan fingerprint density at radius 2 is 1.74 bits per heavy atom. The number of hydrogen-bond acceptors (Lipinski definition) is 2. The molecule has 0 spiro atoms. The molecule has 1 N–H and O–H groups in total. The van der Waals surface area contributed by atoms with Crippen molar-refractivity contribution in [3.63, 3.8) is 0 Å². The molecule has 4 nitrogen and oxygen atoms in total. The number of likely N-dealkylation sites (tertiary alicyclic amines) is 1. The molecule has 27 heavy (non-hydrogen) atoms. The van der Waals surface area contributed by atoms with E-state index in [2.05, 4.69) is 52.4 Å². The summed E-state index contributed by atoms with van der Waals surface area (Å²) in [5, 5.41) is 3.09. The average Bonchev–Trinajstić information content (AvgIpc) is 2.68. The summed E-state index contributed by atoms with van der Waals surface area (Å²) < 4.78 is 0.797. The first kappa shape index (κ1) is 19.6. The zero-order valence-electron chi connectivity index (χ0n) is 15.6. The van der Waals surface area contributed by atoms with Gasteiger partial charge in [0.25, 0.3) is 5.91 Å². The van der Waals surface area contributed by atoms with Crippen molar-refractivity contribution in [2.24, 2.45) is 0 Å². The largest absolute Gasteiger partial charge is 0.349 e. The predicted molar refractivity (Wildman–Crippen MR) is 111 cm³/mol. The van der Waals surface area contributed by atoms with E-state index in [1.807, 2.05) is 29.2 Å². The van der Waals surface area contributed by atoms with Crippen molar-refractivity contribution >= 4 is 27.7 Å². The lowest BCUT2D eigenvalue weighted by atomic mass is 10.0. The van der Waals surface area contributed by atoms with Crippen LogP contribution < -0.4 is 5.32 Å². The quantitative estimate of drug-likeness (QED) is 0.778. The van der Waals surface area contributed by atoms with Crippen LogP contribution in [0.1, 0.15) is 40.7 Å². The Labute approximate surface area is 169 Å². The highest BCUT2D eigenvalue weighted by atomic mass is 79.9. The van der Waals surface area contributed by atoms with Gasteiger partial charge < -0.3 is 10.2 Å². The van der Waals surface area contributed by atoms with Gasteiger partial charge in [-0.3, -0.25) is 9.59 Å². The maximum atomic E-state index is 12.5. The zero-order chi connectivity index (χ0) is 19.2. The van der Waals surface area contributed by atoms with Crippen LogP contribution >= 0.6 is 15.9 Å². The maximum Gasteiger partial charge on any atom is 0.252 e. The third kappa shape index (κ3) is 5.42. The number of aryl methyl sites for hydroxylation is 2. The van der Waals surface area contributed by atoms with Crippen molar-refractivity contribution in [1.82, 2.24) is 10.2 Å². The zero-order valence-corrected chi connectivity index (χ0v) is 17.2. The summed E-state index contributed by atoms with van der Waals surface area (Å²) >= 11 is 3.42. The number of rotatable bonds is 5. The van der Waals surface area contributed by atoms with Gasteiger partial charge in [-0.2, -0.15) is 0 Å². The van der Waals surface area contributed by atoms with Crippen LogP contribution in [0.25, 0.3) is 0 Å². The molecule has 2 amide bonds. The third-order valence-corrected chi connectivity index (χ3v) is 5.74. The topological polar surface area (TPSA) is 49.4 Å². The van der Waals surface area contributed by atoms with Crippen LogP contribution in [0, 0.1) is 6.92 Å². The summed E-state index contributed by atoms with van der Waals surface area (Å²) in [7, 11) is 0. The summed E-state index contributed by atoms with van der Waals surface area (Å²) in [5.74, 6) is 0.137. The molecule has 0 aromatic heterocycles. The lowest BCUT2D eigenvalue weighted by Crippen LogP contribution is -2.46. The SMILES string of the molecule is Cc1ccc(CCC(=O)N2CCC(NC(=O)c3ccccc3Br)CC2)cc1. The smallest absolute Gasteiger partial charge is 0.252 e. The number of piperidine rings is 1. The Morgan fingerprint density at radius 1 is 1.07 bits per heavy atom. The minimum atomic E-state index is -0.0633. The van der Waals surface area contributed by atoms with Gasteiger partial charge in [-0.1, -0.05) is 42.0 Å². The summed E-state index contributed by atoms with van der Waals surface area (Å²) in [6.45, 7) is 3.47. The normalized spacial score (nSPS) is 14.8. The number of halogens is 1. The van der Waals surface area contributed by atoms with Crippen LogP contribution in [0.3, 0.4) is 0 Å². The fourth-order valence-electron chi connectivity index (χ4n) is 3.35. The second-order valence-corrected chi connectivity index (χ2v) is 7.95. The van der Waals surface area contributed by atoms with Gasteiger partial charge in [0.15, 0.2) is 0 Å². The lowest BCUT2D eigenvalue weighted by Gasteiger charge is -2.32. The minimum Gasteiger partial charge on any atom is -0.349 e. The van der Waals surface area contributed by atoms with Crippen molar-refractivity contribution in [3.05, 3.63) is 69.7 Å². The average molecular weight is 429 g/mol. The van der Waals surface area contributed by atoms with Crippen molar-refractivity contribution in [2.45, 2.75) is 38.6 Å². The van der Waals surface area contributed by atoms with Gasteiger partial charge >= 0.3 is 0 Å². The van der Waals surface area contributed by atoms with Gasteiger partial charge in [0, 0.05) is 30.0 Å². The minimum absolute atomic E-state index is 0.0633. The Hall–Kier alpha value is -2.14. The van der Waals surface area contributed by atoms with Crippen molar-refractivity contribution in [1.29, 1.82) is 0 Å². The van der Waals surface area contributed by atoms with Crippen LogP contribution in [0.2, 0.25) is 0 Å². The van der Waals surface area contributed by atoms with Gasteiger partial charge in [-0.25, -0.2) is 0 Å². The Bertz CT molecular complexity index is 796. The summed E-state index contributed by atoms with van der Waals surface area (Å²) in [4.78, 5) is 26.8. The Kier molecular flexibility index (Phi) is 6.67. The molecular weight excluding hydrogens is 404 g/mol. The third-order valence-electron chi connectivity index (χ3n) is 5.05.